The van der Waals surface area contributed by atoms with Crippen molar-refractivity contribution in [3.8, 4) is 0 Å². The van der Waals surface area contributed by atoms with Crippen LogP contribution in [0, 0.1) is 0 Å². The lowest BCUT2D eigenvalue weighted by molar-refractivity contribution is 0.524. The summed E-state index contributed by atoms with van der Waals surface area (Å²) >= 11 is 0. The molecule has 1 atom stereocenters. The fourth-order valence-corrected chi connectivity index (χ4v) is 2.35. The minimum absolute atomic E-state index is 0. The van der Waals surface area contributed by atoms with Gasteiger partial charge in [0.25, 0.3) is 0 Å². The minimum atomic E-state index is 0. The van der Waals surface area contributed by atoms with Gasteiger partial charge in [0.1, 0.15) is 0 Å². The second kappa shape index (κ2) is 7.56. The summed E-state index contributed by atoms with van der Waals surface area (Å²) in [6.07, 6.45) is 3.56. The average Bonchev–Trinajstić information content (AvgIpc) is 2.84. The summed E-state index contributed by atoms with van der Waals surface area (Å²) in [7, 11) is 0. The van der Waals surface area contributed by atoms with E-state index >= 15 is 0 Å². The van der Waals surface area contributed by atoms with Crippen LogP contribution in [0.5, 0.6) is 0 Å². The molecule has 0 spiro atoms. The molecule has 0 amide bonds. The molecule has 0 radical (unpaired) electrons. The lowest BCUT2D eigenvalue weighted by atomic mass is 9.95. The molecular formula is C14H18Cl2N2O. The van der Waals surface area contributed by atoms with Crippen LogP contribution < -0.4 is 10.6 Å². The second-order valence-electron chi connectivity index (χ2n) is 4.32. The summed E-state index contributed by atoms with van der Waals surface area (Å²) < 4.78 is 5.20. The van der Waals surface area contributed by atoms with E-state index in [1.165, 1.54) is 16.7 Å². The Morgan fingerprint density at radius 2 is 1.89 bits per heavy atom. The van der Waals surface area contributed by atoms with E-state index in [4.69, 9.17) is 4.42 Å². The van der Waals surface area contributed by atoms with Crippen LogP contribution in [-0.4, -0.2) is 13.1 Å². The van der Waals surface area contributed by atoms with Crippen molar-refractivity contribution in [2.45, 2.75) is 12.6 Å². The molecule has 5 heteroatoms. The van der Waals surface area contributed by atoms with Crippen LogP contribution in [0.2, 0.25) is 0 Å². The van der Waals surface area contributed by atoms with Crippen molar-refractivity contribution in [1.29, 1.82) is 0 Å². The highest BCUT2D eigenvalue weighted by Crippen LogP contribution is 2.26. The third-order valence-electron chi connectivity index (χ3n) is 3.21. The van der Waals surface area contributed by atoms with Gasteiger partial charge in [-0.05, 0) is 17.2 Å². The molecule has 3 nitrogen and oxygen atoms in total. The van der Waals surface area contributed by atoms with Gasteiger partial charge in [-0.25, -0.2) is 0 Å². The number of rotatable bonds is 1. The zero-order valence-corrected chi connectivity index (χ0v) is 12.1. The smallest absolute Gasteiger partial charge is 0.0953 e. The highest BCUT2D eigenvalue weighted by Gasteiger charge is 2.18. The average molecular weight is 301 g/mol. The topological polar surface area (TPSA) is 37.2 Å². The molecule has 104 valence electrons. The lowest BCUT2D eigenvalue weighted by Gasteiger charge is -2.24. The van der Waals surface area contributed by atoms with Gasteiger partial charge in [0.2, 0.25) is 0 Å². The molecule has 1 aromatic heterocycles. The highest BCUT2D eigenvalue weighted by molar-refractivity contribution is 5.85. The molecule has 0 bridgehead atoms. The van der Waals surface area contributed by atoms with Crippen molar-refractivity contribution in [2.24, 2.45) is 0 Å². The SMILES string of the molecule is Cl.Cl.c1ccc2c(c1)CNCCNC2c1ccoc1. The summed E-state index contributed by atoms with van der Waals surface area (Å²) in [6.45, 7) is 2.89. The third-order valence-corrected chi connectivity index (χ3v) is 3.21. The van der Waals surface area contributed by atoms with E-state index in [2.05, 4.69) is 34.9 Å². The first-order valence-electron chi connectivity index (χ1n) is 5.99. The Bertz CT molecular complexity index is 488. The van der Waals surface area contributed by atoms with Crippen LogP contribution in [-0.2, 0) is 6.54 Å². The maximum atomic E-state index is 5.20. The number of furan rings is 1. The molecule has 19 heavy (non-hydrogen) atoms. The van der Waals surface area contributed by atoms with E-state index in [-0.39, 0.29) is 30.9 Å². The predicted molar refractivity (Wildman–Crippen MR) is 81.2 cm³/mol. The Hall–Kier alpha value is -1.00. The number of benzene rings is 1. The fraction of sp³-hybridized carbons (Fsp3) is 0.286. The van der Waals surface area contributed by atoms with Gasteiger partial charge in [-0.1, -0.05) is 24.3 Å². The maximum Gasteiger partial charge on any atom is 0.0953 e. The van der Waals surface area contributed by atoms with E-state index < -0.39 is 0 Å². The molecule has 1 unspecified atom stereocenters. The quantitative estimate of drug-likeness (QED) is 0.850. The molecule has 0 aliphatic carbocycles. The zero-order chi connectivity index (χ0) is 11.5. The molecule has 0 saturated heterocycles. The Morgan fingerprint density at radius 3 is 2.68 bits per heavy atom. The van der Waals surface area contributed by atoms with E-state index in [0.29, 0.717) is 0 Å². The van der Waals surface area contributed by atoms with Crippen LogP contribution >= 0.6 is 24.8 Å². The summed E-state index contributed by atoms with van der Waals surface area (Å²) in [5, 5.41) is 6.98. The fourth-order valence-electron chi connectivity index (χ4n) is 2.35. The largest absolute Gasteiger partial charge is 0.472 e. The van der Waals surface area contributed by atoms with Gasteiger partial charge in [0, 0.05) is 25.2 Å². The van der Waals surface area contributed by atoms with Gasteiger partial charge >= 0.3 is 0 Å². The van der Waals surface area contributed by atoms with Gasteiger partial charge in [-0.3, -0.25) is 0 Å². The van der Waals surface area contributed by atoms with Gasteiger partial charge in [-0.2, -0.15) is 0 Å². The van der Waals surface area contributed by atoms with Crippen molar-refractivity contribution in [3.05, 3.63) is 59.5 Å². The number of hydrogen-bond acceptors (Lipinski definition) is 3. The molecule has 2 heterocycles. The van der Waals surface area contributed by atoms with E-state index in [1.54, 1.807) is 6.26 Å². The van der Waals surface area contributed by atoms with Crippen LogP contribution in [0.25, 0.3) is 0 Å². The molecule has 3 rings (SSSR count). The first kappa shape index (κ1) is 16.1. The molecule has 2 N–H and O–H groups in total. The Labute approximate surface area is 125 Å². The second-order valence-corrected chi connectivity index (χ2v) is 4.32. The minimum Gasteiger partial charge on any atom is -0.472 e. The standard InChI is InChI=1S/C14H16N2O.2ClH/c1-2-4-13-11(3-1)9-15-6-7-16-14(13)12-5-8-17-10-12;;/h1-5,8,10,14-16H,6-7,9H2;2*1H. The summed E-state index contributed by atoms with van der Waals surface area (Å²) in [5.74, 6) is 0. The normalized spacial score (nSPS) is 18.2. The summed E-state index contributed by atoms with van der Waals surface area (Å²) in [6, 6.07) is 10.8. The monoisotopic (exact) mass is 300 g/mol. The predicted octanol–water partition coefficient (Wildman–Crippen LogP) is 2.91. The first-order chi connectivity index (χ1) is 8.45. The molecule has 0 saturated carbocycles. The van der Waals surface area contributed by atoms with Crippen LogP contribution in [0.1, 0.15) is 22.7 Å². The van der Waals surface area contributed by atoms with E-state index in [9.17, 15) is 0 Å². The molecule has 1 aromatic carbocycles. The molecular weight excluding hydrogens is 283 g/mol. The van der Waals surface area contributed by atoms with Crippen molar-refractivity contribution in [3.63, 3.8) is 0 Å². The van der Waals surface area contributed by atoms with Crippen LogP contribution in [0.4, 0.5) is 0 Å². The van der Waals surface area contributed by atoms with E-state index in [0.717, 1.165) is 19.6 Å². The lowest BCUT2D eigenvalue weighted by Crippen LogP contribution is -2.34. The number of hydrogen-bond donors (Lipinski definition) is 2. The summed E-state index contributed by atoms with van der Waals surface area (Å²) in [4.78, 5) is 0. The Morgan fingerprint density at radius 1 is 1.05 bits per heavy atom. The Balaban J connectivity index is 0.000000902. The van der Waals surface area contributed by atoms with E-state index in [1.807, 2.05) is 12.3 Å². The van der Waals surface area contributed by atoms with Crippen molar-refractivity contribution in [2.75, 3.05) is 13.1 Å². The molecule has 1 aliphatic rings. The zero-order valence-electron chi connectivity index (χ0n) is 10.5. The van der Waals surface area contributed by atoms with Crippen LogP contribution in [0.3, 0.4) is 0 Å². The van der Waals surface area contributed by atoms with Gasteiger partial charge in [0.05, 0.1) is 18.6 Å². The maximum absolute atomic E-state index is 5.20. The molecule has 2 aromatic rings. The van der Waals surface area contributed by atoms with Crippen molar-refractivity contribution >= 4 is 24.8 Å². The molecule has 1 aliphatic heterocycles. The van der Waals surface area contributed by atoms with Crippen molar-refractivity contribution < 1.29 is 4.42 Å². The van der Waals surface area contributed by atoms with Crippen LogP contribution in [0.15, 0.2) is 47.3 Å². The van der Waals surface area contributed by atoms with Gasteiger partial charge in [0.15, 0.2) is 0 Å². The van der Waals surface area contributed by atoms with Crippen molar-refractivity contribution in [1.82, 2.24) is 10.6 Å². The number of halogens is 2. The molecule has 0 fully saturated rings. The highest BCUT2D eigenvalue weighted by atomic mass is 35.5. The Kier molecular flexibility index (Phi) is 6.38. The van der Waals surface area contributed by atoms with Gasteiger partial charge in [-0.15, -0.1) is 24.8 Å². The number of nitrogens with one attached hydrogen (secondary N) is 2. The van der Waals surface area contributed by atoms with Gasteiger partial charge < -0.3 is 15.1 Å². The summed E-state index contributed by atoms with van der Waals surface area (Å²) in [5.41, 5.74) is 3.88. The number of fused-ring (bicyclic) bond motifs is 1. The third kappa shape index (κ3) is 3.51. The first-order valence-corrected chi connectivity index (χ1v) is 5.99.